The lowest BCUT2D eigenvalue weighted by Gasteiger charge is -2.23. The summed E-state index contributed by atoms with van der Waals surface area (Å²) < 4.78 is 0. The Morgan fingerprint density at radius 3 is 2.36 bits per heavy atom. The maximum Gasteiger partial charge on any atom is 0.240 e. The number of anilines is 1. The molecule has 2 aromatic rings. The number of carbonyl (C=O) groups is 2. The van der Waals surface area contributed by atoms with E-state index in [0.717, 1.165) is 22.4 Å². The standard InChI is InChI=1S/C20H23ClN2O2/c1-14-4-9-19(15(2)12-14)23(16(3)24)13-20(25)22-11-10-17-5-7-18(21)8-6-17/h4-9,12H,10-11,13H2,1-3H3,(H,22,25). The molecular formula is C20H23ClN2O2. The van der Waals surface area contributed by atoms with Crippen LogP contribution in [0.1, 0.15) is 23.6 Å². The predicted molar refractivity (Wildman–Crippen MR) is 102 cm³/mol. The molecule has 132 valence electrons. The zero-order chi connectivity index (χ0) is 18.4. The van der Waals surface area contributed by atoms with E-state index in [1.807, 2.05) is 56.3 Å². The summed E-state index contributed by atoms with van der Waals surface area (Å²) in [5.41, 5.74) is 3.97. The van der Waals surface area contributed by atoms with Crippen molar-refractivity contribution in [2.45, 2.75) is 27.2 Å². The van der Waals surface area contributed by atoms with Crippen LogP contribution in [0.5, 0.6) is 0 Å². The largest absolute Gasteiger partial charge is 0.354 e. The molecule has 0 heterocycles. The Bertz CT molecular complexity index is 757. The molecular weight excluding hydrogens is 336 g/mol. The molecule has 0 aliphatic carbocycles. The number of benzene rings is 2. The van der Waals surface area contributed by atoms with Gasteiger partial charge in [-0.3, -0.25) is 9.59 Å². The van der Waals surface area contributed by atoms with Crippen molar-refractivity contribution in [2.24, 2.45) is 0 Å². The third kappa shape index (κ3) is 5.61. The lowest BCUT2D eigenvalue weighted by molar-refractivity contribution is -0.123. The normalized spacial score (nSPS) is 10.4. The van der Waals surface area contributed by atoms with Gasteiger partial charge in [0.1, 0.15) is 6.54 Å². The summed E-state index contributed by atoms with van der Waals surface area (Å²) in [5, 5.41) is 3.56. The number of rotatable bonds is 6. The highest BCUT2D eigenvalue weighted by atomic mass is 35.5. The monoisotopic (exact) mass is 358 g/mol. The first-order valence-corrected chi connectivity index (χ1v) is 8.61. The van der Waals surface area contributed by atoms with E-state index in [9.17, 15) is 9.59 Å². The van der Waals surface area contributed by atoms with Crippen molar-refractivity contribution in [1.29, 1.82) is 0 Å². The van der Waals surface area contributed by atoms with Crippen LogP contribution in [0.4, 0.5) is 5.69 Å². The fourth-order valence-corrected chi connectivity index (χ4v) is 2.80. The fraction of sp³-hybridized carbons (Fsp3) is 0.300. The molecule has 0 saturated heterocycles. The number of halogens is 1. The smallest absolute Gasteiger partial charge is 0.240 e. The molecule has 0 aliphatic heterocycles. The Balaban J connectivity index is 1.94. The second-order valence-electron chi connectivity index (χ2n) is 6.12. The molecule has 0 saturated carbocycles. The average Bonchev–Trinajstić information content (AvgIpc) is 2.55. The van der Waals surface area contributed by atoms with Crippen molar-refractivity contribution in [3.8, 4) is 0 Å². The molecule has 2 aromatic carbocycles. The molecule has 0 bridgehead atoms. The van der Waals surface area contributed by atoms with Gasteiger partial charge in [0.25, 0.3) is 0 Å². The molecule has 0 spiro atoms. The van der Waals surface area contributed by atoms with E-state index >= 15 is 0 Å². The van der Waals surface area contributed by atoms with Crippen molar-refractivity contribution in [3.05, 3.63) is 64.2 Å². The van der Waals surface area contributed by atoms with Gasteiger partial charge in [0.15, 0.2) is 0 Å². The van der Waals surface area contributed by atoms with Crippen molar-refractivity contribution in [1.82, 2.24) is 5.32 Å². The van der Waals surface area contributed by atoms with Gasteiger partial charge in [-0.2, -0.15) is 0 Å². The summed E-state index contributed by atoms with van der Waals surface area (Å²) in [7, 11) is 0. The second-order valence-corrected chi connectivity index (χ2v) is 6.56. The minimum Gasteiger partial charge on any atom is -0.354 e. The zero-order valence-electron chi connectivity index (χ0n) is 14.8. The lowest BCUT2D eigenvalue weighted by atomic mass is 10.1. The number of nitrogens with zero attached hydrogens (tertiary/aromatic N) is 1. The van der Waals surface area contributed by atoms with Crippen LogP contribution in [0.25, 0.3) is 0 Å². The van der Waals surface area contributed by atoms with E-state index in [4.69, 9.17) is 11.6 Å². The molecule has 0 radical (unpaired) electrons. The SMILES string of the molecule is CC(=O)N(CC(=O)NCCc1ccc(Cl)cc1)c1ccc(C)cc1C. The molecule has 0 unspecified atom stereocenters. The Morgan fingerprint density at radius 1 is 1.08 bits per heavy atom. The maximum absolute atomic E-state index is 12.2. The van der Waals surface area contributed by atoms with Crippen molar-refractivity contribution >= 4 is 29.1 Å². The van der Waals surface area contributed by atoms with E-state index < -0.39 is 0 Å². The molecule has 0 aromatic heterocycles. The number of aryl methyl sites for hydroxylation is 2. The summed E-state index contributed by atoms with van der Waals surface area (Å²) in [5.74, 6) is -0.330. The van der Waals surface area contributed by atoms with Crippen LogP contribution in [0.3, 0.4) is 0 Å². The van der Waals surface area contributed by atoms with Crippen LogP contribution in [0, 0.1) is 13.8 Å². The number of amides is 2. The Labute approximate surface area is 153 Å². The van der Waals surface area contributed by atoms with Gasteiger partial charge in [-0.1, -0.05) is 41.4 Å². The molecule has 2 amide bonds. The first-order chi connectivity index (χ1) is 11.9. The molecule has 4 nitrogen and oxygen atoms in total. The predicted octanol–water partition coefficient (Wildman–Crippen LogP) is 3.67. The maximum atomic E-state index is 12.2. The Kier molecular flexibility index (Phi) is 6.59. The lowest BCUT2D eigenvalue weighted by Crippen LogP contribution is -2.40. The van der Waals surface area contributed by atoms with Crippen LogP contribution in [-0.4, -0.2) is 24.9 Å². The number of nitrogens with one attached hydrogen (secondary N) is 1. The van der Waals surface area contributed by atoms with Gasteiger partial charge in [-0.25, -0.2) is 0 Å². The molecule has 25 heavy (non-hydrogen) atoms. The van der Waals surface area contributed by atoms with Crippen LogP contribution in [0.2, 0.25) is 5.02 Å². The van der Waals surface area contributed by atoms with Crippen LogP contribution in [0.15, 0.2) is 42.5 Å². The van der Waals surface area contributed by atoms with E-state index in [2.05, 4.69) is 5.32 Å². The minimum absolute atomic E-state index is 0.0137. The summed E-state index contributed by atoms with van der Waals surface area (Å²) in [4.78, 5) is 25.7. The first kappa shape index (κ1) is 19.0. The molecule has 0 atom stereocenters. The molecule has 1 N–H and O–H groups in total. The van der Waals surface area contributed by atoms with Gasteiger partial charge in [0.2, 0.25) is 11.8 Å². The highest BCUT2D eigenvalue weighted by Gasteiger charge is 2.17. The third-order valence-corrected chi connectivity index (χ3v) is 4.23. The first-order valence-electron chi connectivity index (χ1n) is 8.23. The summed E-state index contributed by atoms with van der Waals surface area (Å²) in [6.07, 6.45) is 0.715. The Morgan fingerprint density at radius 2 is 1.76 bits per heavy atom. The van der Waals surface area contributed by atoms with E-state index in [0.29, 0.717) is 18.0 Å². The van der Waals surface area contributed by atoms with Crippen molar-refractivity contribution in [3.63, 3.8) is 0 Å². The van der Waals surface area contributed by atoms with Crippen LogP contribution < -0.4 is 10.2 Å². The van der Waals surface area contributed by atoms with Gasteiger partial charge < -0.3 is 10.2 Å². The quantitative estimate of drug-likeness (QED) is 0.856. The van der Waals surface area contributed by atoms with Gasteiger partial charge in [-0.15, -0.1) is 0 Å². The van der Waals surface area contributed by atoms with Crippen molar-refractivity contribution in [2.75, 3.05) is 18.0 Å². The average molecular weight is 359 g/mol. The highest BCUT2D eigenvalue weighted by molar-refractivity contribution is 6.30. The van der Waals surface area contributed by atoms with E-state index in [1.165, 1.54) is 11.8 Å². The van der Waals surface area contributed by atoms with Gasteiger partial charge in [0, 0.05) is 24.2 Å². The number of hydrogen-bond acceptors (Lipinski definition) is 2. The molecule has 5 heteroatoms. The zero-order valence-corrected chi connectivity index (χ0v) is 15.6. The molecule has 0 aliphatic rings. The fourth-order valence-electron chi connectivity index (χ4n) is 2.67. The van der Waals surface area contributed by atoms with Gasteiger partial charge in [-0.05, 0) is 49.6 Å². The van der Waals surface area contributed by atoms with E-state index in [-0.39, 0.29) is 18.4 Å². The summed E-state index contributed by atoms with van der Waals surface area (Å²) in [6, 6.07) is 13.4. The Hall–Kier alpha value is -2.33. The van der Waals surface area contributed by atoms with Gasteiger partial charge in [0.05, 0.1) is 0 Å². The van der Waals surface area contributed by atoms with Crippen LogP contribution >= 0.6 is 11.6 Å². The number of carbonyl (C=O) groups excluding carboxylic acids is 2. The second kappa shape index (κ2) is 8.67. The summed E-state index contributed by atoms with van der Waals surface area (Å²) >= 11 is 5.86. The van der Waals surface area contributed by atoms with E-state index in [1.54, 1.807) is 0 Å². The summed E-state index contributed by atoms with van der Waals surface area (Å²) in [6.45, 7) is 5.94. The van der Waals surface area contributed by atoms with Gasteiger partial charge >= 0.3 is 0 Å². The number of hydrogen-bond donors (Lipinski definition) is 1. The molecule has 2 rings (SSSR count). The van der Waals surface area contributed by atoms with Crippen molar-refractivity contribution < 1.29 is 9.59 Å². The van der Waals surface area contributed by atoms with Crippen LogP contribution in [-0.2, 0) is 16.0 Å². The minimum atomic E-state index is -0.177. The molecule has 0 fully saturated rings. The topological polar surface area (TPSA) is 49.4 Å². The third-order valence-electron chi connectivity index (χ3n) is 3.97. The highest BCUT2D eigenvalue weighted by Crippen LogP contribution is 2.21.